The molecule has 14 heavy (non-hydrogen) atoms. The molecule has 2 atom stereocenters. The number of aliphatic hydroxyl groups excluding tert-OH is 1. The molecule has 0 radical (unpaired) electrons. The number of hydrogen-bond acceptors (Lipinski definition) is 6. The summed E-state index contributed by atoms with van der Waals surface area (Å²) in [4.78, 5) is 11.4. The molecule has 2 heterocycles. The number of nitrogens with one attached hydrogen (secondary N) is 4. The van der Waals surface area contributed by atoms with Gasteiger partial charge in [-0.1, -0.05) is 0 Å². The van der Waals surface area contributed by atoms with Gasteiger partial charge in [0.15, 0.2) is 6.29 Å². The van der Waals surface area contributed by atoms with Gasteiger partial charge in [-0.25, -0.2) is 0 Å². The number of nitrogens with two attached hydrogens (primary N) is 1. The Morgan fingerprint density at radius 3 is 2.93 bits per heavy atom. The standard InChI is InChI=1S/C7H13N5O2/c8-7-11-5-4(6(14)12-7)10-3(2-13)1-9-5/h3,7,9-11,13H,1-2,8H2,(H,12,14). The zero-order valence-corrected chi connectivity index (χ0v) is 7.50. The Hall–Kier alpha value is -1.47. The third kappa shape index (κ3) is 1.47. The van der Waals surface area contributed by atoms with Gasteiger partial charge in [-0.3, -0.25) is 10.5 Å². The second-order valence-corrected chi connectivity index (χ2v) is 3.25. The summed E-state index contributed by atoms with van der Waals surface area (Å²) in [6, 6.07) is -0.143. The van der Waals surface area contributed by atoms with Crippen molar-refractivity contribution in [2.45, 2.75) is 12.3 Å². The Bertz CT molecular complexity index is 290. The molecular weight excluding hydrogens is 186 g/mol. The van der Waals surface area contributed by atoms with E-state index in [-0.39, 0.29) is 18.6 Å². The largest absolute Gasteiger partial charge is 0.394 e. The molecule has 0 spiro atoms. The fraction of sp³-hybridized carbons (Fsp3) is 0.571. The smallest absolute Gasteiger partial charge is 0.273 e. The molecule has 7 heteroatoms. The van der Waals surface area contributed by atoms with E-state index in [0.717, 1.165) is 0 Å². The van der Waals surface area contributed by atoms with Crippen molar-refractivity contribution in [3.63, 3.8) is 0 Å². The molecule has 2 rings (SSSR count). The van der Waals surface area contributed by atoms with Crippen LogP contribution in [0.4, 0.5) is 0 Å². The van der Waals surface area contributed by atoms with Gasteiger partial charge in [0.2, 0.25) is 0 Å². The third-order valence-corrected chi connectivity index (χ3v) is 2.16. The van der Waals surface area contributed by atoms with E-state index in [0.29, 0.717) is 18.1 Å². The molecule has 2 aliphatic heterocycles. The van der Waals surface area contributed by atoms with Crippen LogP contribution in [0.1, 0.15) is 0 Å². The van der Waals surface area contributed by atoms with Gasteiger partial charge in [0, 0.05) is 6.54 Å². The minimum absolute atomic E-state index is 0.0247. The van der Waals surface area contributed by atoms with Crippen molar-refractivity contribution in [1.82, 2.24) is 21.3 Å². The molecule has 0 fully saturated rings. The summed E-state index contributed by atoms with van der Waals surface area (Å²) in [5, 5.41) is 20.2. The summed E-state index contributed by atoms with van der Waals surface area (Å²) in [6.07, 6.45) is -0.568. The average molecular weight is 199 g/mol. The summed E-state index contributed by atoms with van der Waals surface area (Å²) in [5.41, 5.74) is 5.90. The van der Waals surface area contributed by atoms with Gasteiger partial charge >= 0.3 is 0 Å². The Labute approximate surface area is 80.7 Å². The van der Waals surface area contributed by atoms with Crippen LogP contribution in [0.25, 0.3) is 0 Å². The van der Waals surface area contributed by atoms with Crippen LogP contribution in [0.3, 0.4) is 0 Å². The average Bonchev–Trinajstić information content (AvgIpc) is 2.17. The summed E-state index contributed by atoms with van der Waals surface area (Å²) < 4.78 is 0. The Morgan fingerprint density at radius 1 is 1.43 bits per heavy atom. The van der Waals surface area contributed by atoms with E-state index in [9.17, 15) is 4.79 Å². The van der Waals surface area contributed by atoms with E-state index in [1.165, 1.54) is 0 Å². The maximum Gasteiger partial charge on any atom is 0.273 e. The second kappa shape index (κ2) is 3.35. The molecule has 0 aromatic rings. The van der Waals surface area contributed by atoms with Crippen molar-refractivity contribution >= 4 is 5.91 Å². The minimum atomic E-state index is -0.568. The lowest BCUT2D eigenvalue weighted by molar-refractivity contribution is -0.119. The van der Waals surface area contributed by atoms with E-state index in [1.807, 2.05) is 0 Å². The number of carbonyl (C=O) groups is 1. The van der Waals surface area contributed by atoms with Crippen LogP contribution in [-0.4, -0.2) is 36.5 Å². The molecule has 0 aromatic heterocycles. The first-order valence-electron chi connectivity index (χ1n) is 4.39. The summed E-state index contributed by atoms with van der Waals surface area (Å²) >= 11 is 0. The van der Waals surface area contributed by atoms with Gasteiger partial charge in [0.25, 0.3) is 5.91 Å². The minimum Gasteiger partial charge on any atom is -0.394 e. The predicted molar refractivity (Wildman–Crippen MR) is 48.3 cm³/mol. The highest BCUT2D eigenvalue weighted by molar-refractivity contribution is 5.94. The predicted octanol–water partition coefficient (Wildman–Crippen LogP) is -3.33. The van der Waals surface area contributed by atoms with E-state index in [2.05, 4.69) is 21.3 Å². The molecule has 7 nitrogen and oxygen atoms in total. The second-order valence-electron chi connectivity index (χ2n) is 3.25. The zero-order chi connectivity index (χ0) is 10.1. The topological polar surface area (TPSA) is 111 Å². The van der Waals surface area contributed by atoms with Crippen molar-refractivity contribution in [2.24, 2.45) is 5.73 Å². The molecule has 0 saturated heterocycles. The van der Waals surface area contributed by atoms with Crippen molar-refractivity contribution < 1.29 is 9.90 Å². The lowest BCUT2D eigenvalue weighted by Gasteiger charge is -2.34. The van der Waals surface area contributed by atoms with Gasteiger partial charge in [0.1, 0.15) is 11.5 Å². The van der Waals surface area contributed by atoms with E-state index >= 15 is 0 Å². The third-order valence-electron chi connectivity index (χ3n) is 2.16. The first-order valence-corrected chi connectivity index (χ1v) is 4.39. The Balaban J connectivity index is 2.18. The zero-order valence-electron chi connectivity index (χ0n) is 7.50. The molecule has 7 N–H and O–H groups in total. The van der Waals surface area contributed by atoms with Crippen LogP contribution < -0.4 is 27.0 Å². The van der Waals surface area contributed by atoms with Crippen molar-refractivity contribution in [3.8, 4) is 0 Å². The van der Waals surface area contributed by atoms with Crippen LogP contribution in [0.2, 0.25) is 0 Å². The van der Waals surface area contributed by atoms with Crippen LogP contribution in [0.15, 0.2) is 11.5 Å². The molecule has 78 valence electrons. The highest BCUT2D eigenvalue weighted by atomic mass is 16.3. The van der Waals surface area contributed by atoms with Gasteiger partial charge in [-0.2, -0.15) is 0 Å². The highest BCUT2D eigenvalue weighted by Crippen LogP contribution is 2.06. The highest BCUT2D eigenvalue weighted by Gasteiger charge is 2.29. The van der Waals surface area contributed by atoms with Crippen LogP contribution in [0.5, 0.6) is 0 Å². The molecule has 0 saturated carbocycles. The lowest BCUT2D eigenvalue weighted by atomic mass is 10.2. The van der Waals surface area contributed by atoms with E-state index in [1.54, 1.807) is 0 Å². The van der Waals surface area contributed by atoms with Crippen LogP contribution in [0, 0.1) is 0 Å². The number of hydrogen-bond donors (Lipinski definition) is 6. The first-order chi connectivity index (χ1) is 6.70. The molecule has 1 amide bonds. The number of rotatable bonds is 1. The molecule has 0 bridgehead atoms. The Morgan fingerprint density at radius 2 is 2.21 bits per heavy atom. The van der Waals surface area contributed by atoms with Gasteiger partial charge in [0.05, 0.1) is 12.6 Å². The maximum absolute atomic E-state index is 11.4. The number of amides is 1. The normalized spacial score (nSPS) is 30.9. The van der Waals surface area contributed by atoms with Crippen LogP contribution >= 0.6 is 0 Å². The lowest BCUT2D eigenvalue weighted by Crippen LogP contribution is -2.63. The molecule has 2 aliphatic rings. The first kappa shape index (κ1) is 9.10. The quantitative estimate of drug-likeness (QED) is 0.263. The van der Waals surface area contributed by atoms with Crippen LogP contribution in [-0.2, 0) is 4.79 Å². The fourth-order valence-corrected chi connectivity index (χ4v) is 1.46. The van der Waals surface area contributed by atoms with Gasteiger partial charge in [-0.15, -0.1) is 0 Å². The maximum atomic E-state index is 11.4. The summed E-state index contributed by atoms with van der Waals surface area (Å²) in [7, 11) is 0. The summed E-state index contributed by atoms with van der Waals surface area (Å²) in [5.74, 6) is 0.322. The molecule has 0 aromatic carbocycles. The molecule has 0 aliphatic carbocycles. The van der Waals surface area contributed by atoms with Gasteiger partial charge < -0.3 is 26.4 Å². The molecule has 2 unspecified atom stereocenters. The fourth-order valence-electron chi connectivity index (χ4n) is 1.46. The monoisotopic (exact) mass is 199 g/mol. The molecular formula is C7H13N5O2. The SMILES string of the molecule is NC1NC(=O)C2=C(NCC(CO)N2)N1. The van der Waals surface area contributed by atoms with Gasteiger partial charge in [-0.05, 0) is 0 Å². The van der Waals surface area contributed by atoms with Crippen molar-refractivity contribution in [2.75, 3.05) is 13.2 Å². The Kier molecular flexibility index (Phi) is 2.18. The number of carbonyl (C=O) groups excluding carboxylic acids is 1. The van der Waals surface area contributed by atoms with Crippen molar-refractivity contribution in [3.05, 3.63) is 11.5 Å². The van der Waals surface area contributed by atoms with E-state index < -0.39 is 6.29 Å². The number of aliphatic hydroxyl groups is 1. The van der Waals surface area contributed by atoms with E-state index in [4.69, 9.17) is 10.8 Å². The van der Waals surface area contributed by atoms with Crippen molar-refractivity contribution in [1.29, 1.82) is 0 Å². The summed E-state index contributed by atoms with van der Waals surface area (Å²) in [6.45, 7) is 0.533.